The zero-order valence-electron chi connectivity index (χ0n) is 18.3. The predicted octanol–water partition coefficient (Wildman–Crippen LogP) is 2.99. The summed E-state index contributed by atoms with van der Waals surface area (Å²) >= 11 is 0. The van der Waals surface area contributed by atoms with Crippen LogP contribution in [0.4, 0.5) is 0 Å². The number of carbonyl (C=O) groups is 2. The summed E-state index contributed by atoms with van der Waals surface area (Å²) < 4.78 is 2.02. The lowest BCUT2D eigenvalue weighted by atomic mass is 10.0. The molecule has 33 heavy (non-hydrogen) atoms. The van der Waals surface area contributed by atoms with E-state index in [1.165, 1.54) is 0 Å². The molecule has 0 fully saturated rings. The summed E-state index contributed by atoms with van der Waals surface area (Å²) in [5.41, 5.74) is 1.66. The third kappa shape index (κ3) is 4.48. The Morgan fingerprint density at radius 2 is 1.64 bits per heavy atom. The van der Waals surface area contributed by atoms with Crippen LogP contribution in [-0.2, 0) is 30.7 Å². The van der Waals surface area contributed by atoms with E-state index in [0.29, 0.717) is 50.4 Å². The summed E-state index contributed by atoms with van der Waals surface area (Å²) in [7, 11) is 0. The molecule has 5 rings (SSSR count). The maximum absolute atomic E-state index is 13.1. The molecule has 2 amide bonds. The monoisotopic (exact) mass is 439 g/mol. The van der Waals surface area contributed by atoms with Crippen molar-refractivity contribution in [3.8, 4) is 0 Å². The zero-order chi connectivity index (χ0) is 22.6. The van der Waals surface area contributed by atoms with Gasteiger partial charge in [-0.25, -0.2) is 0 Å². The van der Waals surface area contributed by atoms with Crippen molar-refractivity contribution in [2.24, 2.45) is 0 Å². The van der Waals surface area contributed by atoms with Gasteiger partial charge < -0.3 is 14.8 Å². The average Bonchev–Trinajstić information content (AvgIpc) is 3.11. The van der Waals surface area contributed by atoms with Gasteiger partial charge in [-0.2, -0.15) is 0 Å². The van der Waals surface area contributed by atoms with E-state index in [0.717, 1.165) is 22.2 Å². The Morgan fingerprint density at radius 1 is 0.848 bits per heavy atom. The van der Waals surface area contributed by atoms with E-state index in [2.05, 4.69) is 33.7 Å². The summed E-state index contributed by atoms with van der Waals surface area (Å²) in [6.07, 6.45) is 1.02. The number of benzene rings is 3. The van der Waals surface area contributed by atoms with Crippen LogP contribution in [0.5, 0.6) is 0 Å². The third-order valence-corrected chi connectivity index (χ3v) is 6.12. The zero-order valence-corrected chi connectivity index (χ0v) is 18.3. The second-order valence-electron chi connectivity index (χ2n) is 8.18. The van der Waals surface area contributed by atoms with E-state index < -0.39 is 0 Å². The molecule has 0 atom stereocenters. The van der Waals surface area contributed by atoms with Crippen LogP contribution in [0.1, 0.15) is 27.6 Å². The summed E-state index contributed by atoms with van der Waals surface area (Å²) in [6, 6.07) is 23.4. The number of fused-ring (bicyclic) bond motifs is 2. The molecule has 166 valence electrons. The Labute approximate surface area is 192 Å². The highest BCUT2D eigenvalue weighted by Gasteiger charge is 2.22. The Hall–Kier alpha value is -4.00. The number of aromatic nitrogens is 3. The molecule has 1 N–H and O–H groups in total. The first-order chi connectivity index (χ1) is 16.2. The molecule has 1 aliphatic rings. The predicted molar refractivity (Wildman–Crippen MR) is 126 cm³/mol. The van der Waals surface area contributed by atoms with Crippen LogP contribution < -0.4 is 5.32 Å². The van der Waals surface area contributed by atoms with E-state index in [1.807, 2.05) is 51.9 Å². The molecule has 2 heterocycles. The van der Waals surface area contributed by atoms with Gasteiger partial charge in [0.25, 0.3) is 5.91 Å². The van der Waals surface area contributed by atoms with Crippen molar-refractivity contribution in [3.05, 3.63) is 95.6 Å². The van der Waals surface area contributed by atoms with Crippen molar-refractivity contribution in [1.29, 1.82) is 0 Å². The number of nitrogens with zero attached hydrogens (tertiary/aromatic N) is 4. The quantitative estimate of drug-likeness (QED) is 0.519. The fourth-order valence-electron chi connectivity index (χ4n) is 4.34. The van der Waals surface area contributed by atoms with Gasteiger partial charge in [0.2, 0.25) is 5.91 Å². The highest BCUT2D eigenvalue weighted by molar-refractivity contribution is 5.94. The van der Waals surface area contributed by atoms with Crippen LogP contribution >= 0.6 is 0 Å². The molecular weight excluding hydrogens is 414 g/mol. The van der Waals surface area contributed by atoms with Crippen molar-refractivity contribution < 1.29 is 9.59 Å². The minimum Gasteiger partial charge on any atom is -0.345 e. The summed E-state index contributed by atoms with van der Waals surface area (Å²) in [4.78, 5) is 27.4. The van der Waals surface area contributed by atoms with Gasteiger partial charge in [0.15, 0.2) is 5.82 Å². The van der Waals surface area contributed by atoms with Gasteiger partial charge in [0.1, 0.15) is 5.82 Å². The molecule has 0 radical (unpaired) electrons. The highest BCUT2D eigenvalue weighted by atomic mass is 16.2. The van der Waals surface area contributed by atoms with Gasteiger partial charge in [-0.15, -0.1) is 10.2 Å². The van der Waals surface area contributed by atoms with Crippen LogP contribution in [0.15, 0.2) is 72.8 Å². The molecular formula is C26H25N5O2. The normalized spacial score (nSPS) is 13.4. The lowest BCUT2D eigenvalue weighted by Gasteiger charge is -2.20. The number of hydrogen-bond donors (Lipinski definition) is 1. The van der Waals surface area contributed by atoms with E-state index in [1.54, 1.807) is 12.1 Å². The van der Waals surface area contributed by atoms with Crippen molar-refractivity contribution in [2.45, 2.75) is 25.9 Å². The van der Waals surface area contributed by atoms with E-state index in [9.17, 15) is 9.59 Å². The molecule has 3 aromatic carbocycles. The van der Waals surface area contributed by atoms with Gasteiger partial charge in [-0.05, 0) is 28.5 Å². The number of amides is 2. The van der Waals surface area contributed by atoms with E-state index in [4.69, 9.17) is 0 Å². The first-order valence-electron chi connectivity index (χ1n) is 11.2. The molecule has 0 saturated carbocycles. The maximum atomic E-state index is 13.1. The molecule has 0 saturated heterocycles. The largest absolute Gasteiger partial charge is 0.345 e. The molecule has 0 unspecified atom stereocenters. The number of hydrogen-bond acceptors (Lipinski definition) is 4. The van der Waals surface area contributed by atoms with Gasteiger partial charge in [0.05, 0.1) is 13.0 Å². The third-order valence-electron chi connectivity index (χ3n) is 6.12. The molecule has 0 bridgehead atoms. The van der Waals surface area contributed by atoms with Crippen molar-refractivity contribution in [3.63, 3.8) is 0 Å². The lowest BCUT2D eigenvalue weighted by molar-refractivity contribution is -0.130. The Balaban J connectivity index is 1.23. The number of nitrogens with one attached hydrogen (secondary N) is 1. The summed E-state index contributed by atoms with van der Waals surface area (Å²) in [5.74, 6) is 1.52. The standard InChI is InChI=1S/C26H25N5O2/c32-25(17-21-11-6-10-19-7-4-5-12-22(19)21)30-14-13-23-28-29-24(31(23)16-15-30)18-27-26(33)20-8-2-1-3-9-20/h1-12H,13-18H2,(H,27,33). The molecule has 0 aliphatic carbocycles. The highest BCUT2D eigenvalue weighted by Crippen LogP contribution is 2.20. The van der Waals surface area contributed by atoms with E-state index in [-0.39, 0.29) is 11.8 Å². The Bertz CT molecular complexity index is 1290. The SMILES string of the molecule is O=C(NCc1nnc2n1CCN(C(=O)Cc1cccc3ccccc13)CC2)c1ccccc1. The first kappa shape index (κ1) is 20.9. The molecule has 1 aliphatic heterocycles. The minimum absolute atomic E-state index is 0.115. The summed E-state index contributed by atoms with van der Waals surface area (Å²) in [5, 5.41) is 13.8. The molecule has 7 heteroatoms. The molecule has 0 spiro atoms. The summed E-state index contributed by atoms with van der Waals surface area (Å²) in [6.45, 7) is 2.11. The van der Waals surface area contributed by atoms with Crippen LogP contribution in [0.3, 0.4) is 0 Å². The van der Waals surface area contributed by atoms with Crippen molar-refractivity contribution >= 4 is 22.6 Å². The lowest BCUT2D eigenvalue weighted by Crippen LogP contribution is -2.35. The van der Waals surface area contributed by atoms with Crippen LogP contribution in [0.2, 0.25) is 0 Å². The average molecular weight is 440 g/mol. The molecule has 7 nitrogen and oxygen atoms in total. The topological polar surface area (TPSA) is 80.1 Å². The maximum Gasteiger partial charge on any atom is 0.251 e. The Morgan fingerprint density at radius 3 is 2.52 bits per heavy atom. The number of carbonyl (C=O) groups excluding carboxylic acids is 2. The van der Waals surface area contributed by atoms with Gasteiger partial charge in [-0.1, -0.05) is 60.7 Å². The van der Waals surface area contributed by atoms with Gasteiger partial charge in [0, 0.05) is 31.6 Å². The van der Waals surface area contributed by atoms with Crippen LogP contribution in [0, 0.1) is 0 Å². The van der Waals surface area contributed by atoms with Crippen LogP contribution in [-0.4, -0.2) is 44.6 Å². The molecule has 1 aromatic heterocycles. The second-order valence-corrected chi connectivity index (χ2v) is 8.18. The minimum atomic E-state index is -0.145. The van der Waals surface area contributed by atoms with Crippen LogP contribution in [0.25, 0.3) is 10.8 Å². The second kappa shape index (κ2) is 9.24. The smallest absolute Gasteiger partial charge is 0.251 e. The van der Waals surface area contributed by atoms with Gasteiger partial charge >= 0.3 is 0 Å². The first-order valence-corrected chi connectivity index (χ1v) is 11.2. The van der Waals surface area contributed by atoms with Crippen molar-refractivity contribution in [1.82, 2.24) is 25.0 Å². The fourth-order valence-corrected chi connectivity index (χ4v) is 4.34. The van der Waals surface area contributed by atoms with Crippen molar-refractivity contribution in [2.75, 3.05) is 13.1 Å². The van der Waals surface area contributed by atoms with Gasteiger partial charge in [-0.3, -0.25) is 9.59 Å². The van der Waals surface area contributed by atoms with E-state index >= 15 is 0 Å². The fraction of sp³-hybridized carbons (Fsp3) is 0.231. The number of rotatable bonds is 5. The Kier molecular flexibility index (Phi) is 5.85. The molecule has 4 aromatic rings.